The molecule has 0 aliphatic carbocycles. The molecule has 3 nitrogen and oxygen atoms in total. The first-order valence-electron chi connectivity index (χ1n) is 7.00. The second-order valence-electron chi connectivity index (χ2n) is 5.10. The summed E-state index contributed by atoms with van der Waals surface area (Å²) in [6.07, 6.45) is -4.93. The highest BCUT2D eigenvalue weighted by Crippen LogP contribution is 2.30. The van der Waals surface area contributed by atoms with Crippen molar-refractivity contribution in [2.24, 2.45) is 0 Å². The maximum absolute atomic E-state index is 12.7. The number of halogens is 3. The molecule has 0 atom stereocenters. The fourth-order valence-corrected chi connectivity index (χ4v) is 2.35. The lowest BCUT2D eigenvalue weighted by atomic mass is 10.00. The van der Waals surface area contributed by atoms with Gasteiger partial charge in [-0.2, -0.15) is 13.2 Å². The fraction of sp³-hybridized carbons (Fsp3) is 0.235. The number of hydrogen-bond acceptors (Lipinski definition) is 3. The molecule has 0 unspecified atom stereocenters. The Bertz CT molecular complexity index is 702. The van der Waals surface area contributed by atoms with E-state index in [1.807, 2.05) is 0 Å². The molecule has 0 bridgehead atoms. The Hall–Kier alpha value is -2.18. The highest BCUT2D eigenvalue weighted by Gasteiger charge is 2.31. The van der Waals surface area contributed by atoms with E-state index in [1.54, 1.807) is 24.3 Å². The topological polar surface area (TPSA) is 35.5 Å². The average Bonchev–Trinajstić information content (AvgIpc) is 3.08. The molecule has 1 aliphatic rings. The zero-order valence-electron chi connectivity index (χ0n) is 12.0. The van der Waals surface area contributed by atoms with Crippen LogP contribution in [0.2, 0.25) is 0 Å². The van der Waals surface area contributed by atoms with E-state index in [0.717, 1.165) is 17.7 Å². The Kier molecular flexibility index (Phi) is 4.19. The number of rotatable bonds is 3. The molecule has 1 saturated heterocycles. The van der Waals surface area contributed by atoms with Gasteiger partial charge in [-0.3, -0.25) is 4.79 Å². The van der Waals surface area contributed by atoms with Crippen molar-refractivity contribution >= 4 is 5.78 Å². The Balaban J connectivity index is 1.83. The number of alkyl halides is 3. The van der Waals surface area contributed by atoms with Crippen LogP contribution in [0.25, 0.3) is 0 Å². The lowest BCUT2D eigenvalue weighted by Crippen LogP contribution is -2.08. The van der Waals surface area contributed by atoms with Crippen LogP contribution in [0, 0.1) is 0 Å². The van der Waals surface area contributed by atoms with Gasteiger partial charge in [0.05, 0.1) is 18.8 Å². The molecule has 2 aromatic rings. The second-order valence-corrected chi connectivity index (χ2v) is 5.10. The van der Waals surface area contributed by atoms with E-state index in [2.05, 4.69) is 0 Å². The quantitative estimate of drug-likeness (QED) is 0.802. The molecule has 0 saturated carbocycles. The van der Waals surface area contributed by atoms with Gasteiger partial charge < -0.3 is 9.47 Å². The predicted molar refractivity (Wildman–Crippen MR) is 76.0 cm³/mol. The van der Waals surface area contributed by atoms with Crippen LogP contribution in [0.4, 0.5) is 13.2 Å². The molecule has 0 N–H and O–H groups in total. The standard InChI is InChI=1S/C17H13F3O3/c18-17(19,20)14-3-1-2-13(10-14)15(21)11-4-6-12(7-5-11)16-22-8-9-23-16/h1-7,10,16H,8-9H2. The first-order chi connectivity index (χ1) is 10.9. The van der Waals surface area contributed by atoms with Gasteiger partial charge in [-0.05, 0) is 12.1 Å². The fourth-order valence-electron chi connectivity index (χ4n) is 2.35. The minimum Gasteiger partial charge on any atom is -0.346 e. The largest absolute Gasteiger partial charge is 0.416 e. The third-order valence-corrected chi connectivity index (χ3v) is 3.52. The van der Waals surface area contributed by atoms with Crippen molar-refractivity contribution in [1.29, 1.82) is 0 Å². The third-order valence-electron chi connectivity index (χ3n) is 3.52. The van der Waals surface area contributed by atoms with Crippen LogP contribution < -0.4 is 0 Å². The first kappa shape index (κ1) is 15.7. The van der Waals surface area contributed by atoms with Gasteiger partial charge in [0.2, 0.25) is 0 Å². The lowest BCUT2D eigenvalue weighted by Gasteiger charge is -2.10. The van der Waals surface area contributed by atoms with Gasteiger partial charge in [0.25, 0.3) is 0 Å². The summed E-state index contributed by atoms with van der Waals surface area (Å²) in [7, 11) is 0. The molecule has 23 heavy (non-hydrogen) atoms. The van der Waals surface area contributed by atoms with Gasteiger partial charge in [-0.15, -0.1) is 0 Å². The SMILES string of the molecule is O=C(c1ccc(C2OCCO2)cc1)c1cccc(C(F)(F)F)c1. The number of carbonyl (C=O) groups excluding carboxylic acids is 1. The minimum atomic E-state index is -4.47. The Morgan fingerprint density at radius 2 is 1.61 bits per heavy atom. The highest BCUT2D eigenvalue weighted by molar-refractivity contribution is 6.09. The molecule has 0 aromatic heterocycles. The van der Waals surface area contributed by atoms with Crippen LogP contribution in [0.5, 0.6) is 0 Å². The summed E-state index contributed by atoms with van der Waals surface area (Å²) in [5.41, 5.74) is 0.239. The predicted octanol–water partition coefficient (Wildman–Crippen LogP) is 3.98. The van der Waals surface area contributed by atoms with Crippen LogP contribution in [0.1, 0.15) is 33.3 Å². The normalized spacial score (nSPS) is 15.8. The molecular weight excluding hydrogens is 309 g/mol. The zero-order valence-corrected chi connectivity index (χ0v) is 12.0. The van der Waals surface area contributed by atoms with Crippen molar-refractivity contribution in [1.82, 2.24) is 0 Å². The molecule has 0 amide bonds. The van der Waals surface area contributed by atoms with Crippen LogP contribution in [-0.2, 0) is 15.7 Å². The van der Waals surface area contributed by atoms with Crippen molar-refractivity contribution in [3.05, 3.63) is 70.8 Å². The van der Waals surface area contributed by atoms with Gasteiger partial charge in [-0.25, -0.2) is 0 Å². The van der Waals surface area contributed by atoms with Gasteiger partial charge in [0, 0.05) is 16.7 Å². The molecule has 1 aliphatic heterocycles. The number of benzene rings is 2. The number of ketones is 1. The Morgan fingerprint density at radius 3 is 2.22 bits per heavy atom. The lowest BCUT2D eigenvalue weighted by molar-refractivity contribution is -0.137. The van der Waals surface area contributed by atoms with Crippen LogP contribution in [-0.4, -0.2) is 19.0 Å². The number of carbonyl (C=O) groups is 1. The molecule has 0 spiro atoms. The van der Waals surface area contributed by atoms with E-state index < -0.39 is 23.8 Å². The van der Waals surface area contributed by atoms with E-state index in [4.69, 9.17) is 9.47 Å². The van der Waals surface area contributed by atoms with Gasteiger partial charge >= 0.3 is 6.18 Å². The maximum atomic E-state index is 12.7. The molecule has 3 rings (SSSR count). The molecule has 6 heteroatoms. The summed E-state index contributed by atoms with van der Waals surface area (Å²) in [4.78, 5) is 12.3. The summed E-state index contributed by atoms with van der Waals surface area (Å²) in [6.45, 7) is 1.02. The summed E-state index contributed by atoms with van der Waals surface area (Å²) in [5, 5.41) is 0. The van der Waals surface area contributed by atoms with E-state index in [9.17, 15) is 18.0 Å². The molecule has 2 aromatic carbocycles. The molecular formula is C17H13F3O3. The van der Waals surface area contributed by atoms with Crippen molar-refractivity contribution in [3.63, 3.8) is 0 Å². The summed E-state index contributed by atoms with van der Waals surface area (Å²) < 4.78 is 48.9. The Labute approximate surface area is 130 Å². The van der Waals surface area contributed by atoms with Crippen molar-refractivity contribution in [2.75, 3.05) is 13.2 Å². The molecule has 1 heterocycles. The van der Waals surface area contributed by atoms with Gasteiger partial charge in [0.15, 0.2) is 12.1 Å². The zero-order chi connectivity index (χ0) is 16.4. The van der Waals surface area contributed by atoms with E-state index >= 15 is 0 Å². The van der Waals surface area contributed by atoms with Crippen LogP contribution in [0.15, 0.2) is 48.5 Å². The summed E-state index contributed by atoms with van der Waals surface area (Å²) in [6, 6.07) is 10.9. The molecule has 1 fully saturated rings. The molecule has 120 valence electrons. The van der Waals surface area contributed by atoms with Crippen molar-refractivity contribution in [2.45, 2.75) is 12.5 Å². The summed E-state index contributed by atoms with van der Waals surface area (Å²) >= 11 is 0. The third kappa shape index (κ3) is 3.43. The minimum absolute atomic E-state index is 0.000872. The molecule has 0 radical (unpaired) electrons. The first-order valence-corrected chi connectivity index (χ1v) is 7.00. The van der Waals surface area contributed by atoms with Gasteiger partial charge in [-0.1, -0.05) is 36.4 Å². The van der Waals surface area contributed by atoms with Crippen LogP contribution >= 0.6 is 0 Å². The smallest absolute Gasteiger partial charge is 0.346 e. The monoisotopic (exact) mass is 322 g/mol. The van der Waals surface area contributed by atoms with Crippen LogP contribution in [0.3, 0.4) is 0 Å². The van der Waals surface area contributed by atoms with E-state index in [1.165, 1.54) is 12.1 Å². The average molecular weight is 322 g/mol. The number of ether oxygens (including phenoxy) is 2. The van der Waals surface area contributed by atoms with Crippen molar-refractivity contribution in [3.8, 4) is 0 Å². The highest BCUT2D eigenvalue weighted by atomic mass is 19.4. The van der Waals surface area contributed by atoms with Gasteiger partial charge in [0.1, 0.15) is 0 Å². The Morgan fingerprint density at radius 1 is 0.957 bits per heavy atom. The van der Waals surface area contributed by atoms with E-state index in [-0.39, 0.29) is 5.56 Å². The van der Waals surface area contributed by atoms with Crippen molar-refractivity contribution < 1.29 is 27.4 Å². The second kappa shape index (κ2) is 6.14. The summed E-state index contributed by atoms with van der Waals surface area (Å²) in [5.74, 6) is -0.462. The van der Waals surface area contributed by atoms with E-state index in [0.29, 0.717) is 18.8 Å². The maximum Gasteiger partial charge on any atom is 0.416 e. The number of hydrogen-bond donors (Lipinski definition) is 0.